The Hall–Kier alpha value is -2.25. The van der Waals surface area contributed by atoms with E-state index >= 15 is 0 Å². The van der Waals surface area contributed by atoms with Crippen LogP contribution in [0.3, 0.4) is 0 Å². The summed E-state index contributed by atoms with van der Waals surface area (Å²) < 4.78 is 15.0. The topological polar surface area (TPSA) is 68.0 Å². The van der Waals surface area contributed by atoms with Crippen molar-refractivity contribution < 1.29 is 9.18 Å². The Labute approximate surface area is 157 Å². The van der Waals surface area contributed by atoms with Crippen molar-refractivity contribution in [2.45, 2.75) is 13.0 Å². The Bertz CT molecular complexity index is 913. The first-order valence-corrected chi connectivity index (χ1v) is 9.14. The van der Waals surface area contributed by atoms with E-state index in [0.717, 1.165) is 9.35 Å². The number of nitrogens with two attached hydrogens (primary N) is 1. The third kappa shape index (κ3) is 4.43. The number of halogens is 2. The maximum Gasteiger partial charge on any atom is 0.177 e. The molecule has 0 saturated carbocycles. The van der Waals surface area contributed by atoms with Gasteiger partial charge in [-0.25, -0.2) is 9.37 Å². The smallest absolute Gasteiger partial charge is 0.177 e. The van der Waals surface area contributed by atoms with Gasteiger partial charge >= 0.3 is 0 Å². The van der Waals surface area contributed by atoms with Gasteiger partial charge < -0.3 is 11.1 Å². The molecule has 0 amide bonds. The van der Waals surface area contributed by atoms with E-state index in [4.69, 9.17) is 5.73 Å². The number of Topliss-reactive ketones (excluding diaryl/α,β-unsaturated/α-hetero) is 1. The van der Waals surface area contributed by atoms with Gasteiger partial charge in [0.25, 0.3) is 0 Å². The minimum absolute atomic E-state index is 0.0118. The highest BCUT2D eigenvalue weighted by molar-refractivity contribution is 9.11. The number of nitrogen functional groups attached to an aromatic ring is 1. The molecule has 0 aliphatic heterocycles. The van der Waals surface area contributed by atoms with Crippen molar-refractivity contribution in [3.8, 4) is 0 Å². The molecule has 0 radical (unpaired) electrons. The average molecular weight is 420 g/mol. The van der Waals surface area contributed by atoms with Crippen LogP contribution < -0.4 is 11.1 Å². The highest BCUT2D eigenvalue weighted by atomic mass is 79.9. The first kappa shape index (κ1) is 17.6. The van der Waals surface area contributed by atoms with Crippen LogP contribution in [0.15, 0.2) is 52.4 Å². The van der Waals surface area contributed by atoms with Crippen LogP contribution in [0.4, 0.5) is 15.9 Å². The Morgan fingerprint density at radius 2 is 2.12 bits per heavy atom. The number of thiophene rings is 1. The van der Waals surface area contributed by atoms with Gasteiger partial charge in [-0.2, -0.15) is 0 Å². The number of carbonyl (C=O) groups is 1. The predicted molar refractivity (Wildman–Crippen MR) is 102 cm³/mol. The van der Waals surface area contributed by atoms with Crippen LogP contribution in [0.5, 0.6) is 0 Å². The molecule has 25 heavy (non-hydrogen) atoms. The highest BCUT2D eigenvalue weighted by Gasteiger charge is 2.12. The fraction of sp³-hybridized carbons (Fsp3) is 0.111. The van der Waals surface area contributed by atoms with Gasteiger partial charge in [0.15, 0.2) is 5.78 Å². The lowest BCUT2D eigenvalue weighted by Gasteiger charge is -2.10. The van der Waals surface area contributed by atoms with Gasteiger partial charge in [0, 0.05) is 24.7 Å². The van der Waals surface area contributed by atoms with E-state index in [9.17, 15) is 9.18 Å². The second-order valence-corrected chi connectivity index (χ2v) is 7.88. The first-order chi connectivity index (χ1) is 12.0. The number of carbonyl (C=O) groups excluding carboxylic acids is 1. The van der Waals surface area contributed by atoms with E-state index in [2.05, 4.69) is 26.2 Å². The summed E-state index contributed by atoms with van der Waals surface area (Å²) in [6.07, 6.45) is 1.82. The standard InChI is InChI=1S/C18H15BrFN3OS/c19-17-6-5-16(25-17)15(24)9-11-3-4-13(20)12(8-11)10-23-14-2-1-7-22-18(14)21/h1-8,23H,9-10H2,(H2,21,22). The second-order valence-electron chi connectivity index (χ2n) is 5.42. The Kier molecular flexibility index (Phi) is 5.45. The molecule has 0 aliphatic carbocycles. The lowest BCUT2D eigenvalue weighted by Crippen LogP contribution is -2.07. The Morgan fingerprint density at radius 1 is 1.28 bits per heavy atom. The van der Waals surface area contributed by atoms with Crippen LogP contribution in [-0.2, 0) is 13.0 Å². The Morgan fingerprint density at radius 3 is 2.84 bits per heavy atom. The lowest BCUT2D eigenvalue weighted by atomic mass is 10.0. The SMILES string of the molecule is Nc1ncccc1NCc1cc(CC(=O)c2ccc(Br)s2)ccc1F. The molecule has 0 aliphatic rings. The molecule has 0 atom stereocenters. The number of rotatable bonds is 6. The van der Waals surface area contributed by atoms with Crippen LogP contribution in [0.25, 0.3) is 0 Å². The number of anilines is 2. The summed E-state index contributed by atoms with van der Waals surface area (Å²) in [5.74, 6) is 0.0419. The van der Waals surface area contributed by atoms with Gasteiger partial charge in [0.1, 0.15) is 11.6 Å². The average Bonchev–Trinajstić information content (AvgIpc) is 3.03. The molecule has 3 aromatic rings. The molecule has 0 fully saturated rings. The van der Waals surface area contributed by atoms with Crippen molar-refractivity contribution in [1.29, 1.82) is 0 Å². The monoisotopic (exact) mass is 419 g/mol. The van der Waals surface area contributed by atoms with Gasteiger partial charge in [-0.3, -0.25) is 4.79 Å². The summed E-state index contributed by atoms with van der Waals surface area (Å²) in [4.78, 5) is 17.0. The van der Waals surface area contributed by atoms with E-state index in [1.807, 2.05) is 6.07 Å². The molecule has 0 spiro atoms. The van der Waals surface area contributed by atoms with Crippen LogP contribution in [0, 0.1) is 5.82 Å². The van der Waals surface area contributed by atoms with Crippen LogP contribution >= 0.6 is 27.3 Å². The van der Waals surface area contributed by atoms with Gasteiger partial charge in [0.2, 0.25) is 0 Å². The zero-order chi connectivity index (χ0) is 17.8. The van der Waals surface area contributed by atoms with Crippen LogP contribution in [0.2, 0.25) is 0 Å². The molecule has 0 unspecified atom stereocenters. The van der Waals surface area contributed by atoms with Gasteiger partial charge in [-0.15, -0.1) is 11.3 Å². The van der Waals surface area contributed by atoms with Crippen LogP contribution in [0.1, 0.15) is 20.8 Å². The molecule has 2 aromatic heterocycles. The molecule has 7 heteroatoms. The number of ketones is 1. The molecule has 128 valence electrons. The number of nitrogens with zero attached hydrogens (tertiary/aromatic N) is 1. The molecule has 4 nitrogen and oxygen atoms in total. The quantitative estimate of drug-likeness (QED) is 0.569. The van der Waals surface area contributed by atoms with E-state index in [1.54, 1.807) is 36.5 Å². The number of hydrogen-bond donors (Lipinski definition) is 2. The zero-order valence-electron chi connectivity index (χ0n) is 13.1. The molecular formula is C18H15BrFN3OS. The summed E-state index contributed by atoms with van der Waals surface area (Å²) in [5.41, 5.74) is 7.66. The van der Waals surface area contributed by atoms with E-state index < -0.39 is 0 Å². The molecule has 3 N–H and O–H groups in total. The normalized spacial score (nSPS) is 10.6. The number of aromatic nitrogens is 1. The lowest BCUT2D eigenvalue weighted by molar-refractivity contribution is 0.0997. The fourth-order valence-electron chi connectivity index (χ4n) is 2.37. The zero-order valence-corrected chi connectivity index (χ0v) is 15.5. The minimum Gasteiger partial charge on any atom is -0.382 e. The summed E-state index contributed by atoms with van der Waals surface area (Å²) in [6, 6.07) is 11.9. The summed E-state index contributed by atoms with van der Waals surface area (Å²) in [6.45, 7) is 0.258. The molecule has 0 saturated heterocycles. The van der Waals surface area contributed by atoms with Crippen molar-refractivity contribution in [2.75, 3.05) is 11.1 Å². The van der Waals surface area contributed by atoms with Crippen molar-refractivity contribution in [2.24, 2.45) is 0 Å². The molecule has 0 bridgehead atoms. The van der Waals surface area contributed by atoms with E-state index in [-0.39, 0.29) is 24.6 Å². The number of hydrogen-bond acceptors (Lipinski definition) is 5. The van der Waals surface area contributed by atoms with Crippen molar-refractivity contribution in [3.05, 3.63) is 74.3 Å². The largest absolute Gasteiger partial charge is 0.382 e. The van der Waals surface area contributed by atoms with Gasteiger partial charge in [-0.05, 0) is 51.8 Å². The van der Waals surface area contributed by atoms with Gasteiger partial charge in [0.05, 0.1) is 14.4 Å². The van der Waals surface area contributed by atoms with Crippen molar-refractivity contribution in [3.63, 3.8) is 0 Å². The molecular weight excluding hydrogens is 405 g/mol. The maximum absolute atomic E-state index is 14.1. The highest BCUT2D eigenvalue weighted by Crippen LogP contribution is 2.24. The summed E-state index contributed by atoms with van der Waals surface area (Å²) in [7, 11) is 0. The molecule has 3 rings (SSSR count). The molecule has 2 heterocycles. The van der Waals surface area contributed by atoms with E-state index in [0.29, 0.717) is 21.9 Å². The molecule has 1 aromatic carbocycles. The third-order valence-electron chi connectivity index (χ3n) is 3.63. The summed E-state index contributed by atoms with van der Waals surface area (Å²) >= 11 is 4.74. The summed E-state index contributed by atoms with van der Waals surface area (Å²) in [5, 5.41) is 3.07. The number of pyridine rings is 1. The van der Waals surface area contributed by atoms with Crippen molar-refractivity contribution >= 4 is 44.6 Å². The minimum atomic E-state index is -0.329. The first-order valence-electron chi connectivity index (χ1n) is 7.53. The van der Waals surface area contributed by atoms with Crippen molar-refractivity contribution in [1.82, 2.24) is 4.98 Å². The predicted octanol–water partition coefficient (Wildman–Crippen LogP) is 4.66. The van der Waals surface area contributed by atoms with Gasteiger partial charge in [-0.1, -0.05) is 12.1 Å². The fourth-order valence-corrected chi connectivity index (χ4v) is 3.69. The third-order valence-corrected chi connectivity index (χ3v) is 5.30. The second kappa shape index (κ2) is 7.76. The van der Waals surface area contributed by atoms with Crippen LogP contribution in [-0.4, -0.2) is 10.8 Å². The number of nitrogens with one attached hydrogen (secondary N) is 1. The maximum atomic E-state index is 14.1. The van der Waals surface area contributed by atoms with E-state index in [1.165, 1.54) is 17.4 Å². The number of benzene rings is 1. The Balaban J connectivity index is 1.72.